The van der Waals surface area contributed by atoms with Gasteiger partial charge in [0.15, 0.2) is 0 Å². The third-order valence-corrected chi connectivity index (χ3v) is 7.30. The first-order chi connectivity index (χ1) is 16.4. The molecule has 4 rings (SSSR count). The van der Waals surface area contributed by atoms with Crippen LogP contribution in [-0.4, -0.2) is 20.9 Å². The van der Waals surface area contributed by atoms with Crippen molar-refractivity contribution >= 4 is 21.6 Å². The van der Waals surface area contributed by atoms with Gasteiger partial charge in [-0.05, 0) is 42.3 Å². The number of amides is 1. The van der Waals surface area contributed by atoms with Crippen LogP contribution in [0.3, 0.4) is 0 Å². The lowest BCUT2D eigenvalue weighted by Gasteiger charge is -2.26. The lowest BCUT2D eigenvalue weighted by molar-refractivity contribution is -0.120. The maximum absolute atomic E-state index is 13.5. The number of hydrogen-bond donors (Lipinski definition) is 1. The van der Waals surface area contributed by atoms with Crippen LogP contribution in [0.4, 0.5) is 5.69 Å². The van der Waals surface area contributed by atoms with Gasteiger partial charge in [-0.25, -0.2) is 8.42 Å². The number of carbonyl (C=O) groups is 1. The molecule has 4 aromatic carbocycles. The van der Waals surface area contributed by atoms with Gasteiger partial charge in [0, 0.05) is 0 Å². The molecule has 0 aliphatic heterocycles. The highest BCUT2D eigenvalue weighted by atomic mass is 32.2. The Morgan fingerprint density at radius 2 is 1.24 bits per heavy atom. The van der Waals surface area contributed by atoms with Gasteiger partial charge in [-0.3, -0.25) is 9.10 Å². The first-order valence-electron chi connectivity index (χ1n) is 11.0. The summed E-state index contributed by atoms with van der Waals surface area (Å²) in [7, 11) is -3.95. The van der Waals surface area contributed by atoms with Crippen molar-refractivity contribution in [2.75, 3.05) is 10.8 Å². The lowest BCUT2D eigenvalue weighted by atomic mass is 9.98. The molecule has 0 heterocycles. The molecular formula is C28H26N2O3S. The Labute approximate surface area is 200 Å². The first kappa shape index (κ1) is 23.3. The van der Waals surface area contributed by atoms with Crippen LogP contribution in [0.2, 0.25) is 0 Å². The van der Waals surface area contributed by atoms with Crippen molar-refractivity contribution in [3.63, 3.8) is 0 Å². The van der Waals surface area contributed by atoms with E-state index >= 15 is 0 Å². The van der Waals surface area contributed by atoms with E-state index in [1.54, 1.807) is 48.5 Å². The van der Waals surface area contributed by atoms with E-state index in [4.69, 9.17) is 0 Å². The highest BCUT2D eigenvalue weighted by molar-refractivity contribution is 7.92. The van der Waals surface area contributed by atoms with Crippen molar-refractivity contribution in [3.05, 3.63) is 132 Å². The largest absolute Gasteiger partial charge is 0.344 e. The van der Waals surface area contributed by atoms with Crippen molar-refractivity contribution in [1.82, 2.24) is 5.32 Å². The molecule has 1 N–H and O–H groups in total. The molecule has 0 spiro atoms. The summed E-state index contributed by atoms with van der Waals surface area (Å²) in [6, 6.07) is 34.0. The normalized spacial score (nSPS) is 12.0. The second-order valence-corrected chi connectivity index (χ2v) is 9.84. The van der Waals surface area contributed by atoms with E-state index < -0.39 is 22.0 Å². The van der Waals surface area contributed by atoms with Gasteiger partial charge >= 0.3 is 0 Å². The number of sulfonamides is 1. The molecule has 34 heavy (non-hydrogen) atoms. The minimum absolute atomic E-state index is 0.129. The summed E-state index contributed by atoms with van der Waals surface area (Å²) in [6.07, 6.45) is 0. The Kier molecular flexibility index (Phi) is 7.09. The predicted octanol–water partition coefficient (Wildman–Crippen LogP) is 5.10. The van der Waals surface area contributed by atoms with Crippen LogP contribution in [0.25, 0.3) is 0 Å². The van der Waals surface area contributed by atoms with E-state index in [0.717, 1.165) is 21.0 Å². The van der Waals surface area contributed by atoms with Crippen molar-refractivity contribution < 1.29 is 13.2 Å². The molecule has 0 bridgehead atoms. The summed E-state index contributed by atoms with van der Waals surface area (Å²) < 4.78 is 28.1. The zero-order valence-electron chi connectivity index (χ0n) is 18.8. The van der Waals surface area contributed by atoms with Gasteiger partial charge in [0.05, 0.1) is 16.6 Å². The Morgan fingerprint density at radius 3 is 1.82 bits per heavy atom. The number of nitrogens with one attached hydrogen (secondary N) is 1. The average molecular weight is 471 g/mol. The van der Waals surface area contributed by atoms with Gasteiger partial charge in [0.1, 0.15) is 6.54 Å². The number of anilines is 1. The molecule has 0 aliphatic rings. The molecule has 0 aliphatic carbocycles. The fourth-order valence-electron chi connectivity index (χ4n) is 3.73. The van der Waals surface area contributed by atoms with Crippen LogP contribution in [0.1, 0.15) is 22.7 Å². The fraction of sp³-hybridized carbons (Fsp3) is 0.107. The predicted molar refractivity (Wildman–Crippen MR) is 135 cm³/mol. The van der Waals surface area contributed by atoms with Gasteiger partial charge in [-0.2, -0.15) is 0 Å². The number of nitrogens with zero attached hydrogens (tertiary/aromatic N) is 1. The van der Waals surface area contributed by atoms with Crippen molar-refractivity contribution in [3.8, 4) is 0 Å². The second-order valence-electron chi connectivity index (χ2n) is 7.98. The van der Waals surface area contributed by atoms with E-state index in [2.05, 4.69) is 5.32 Å². The van der Waals surface area contributed by atoms with Gasteiger partial charge in [0.25, 0.3) is 10.0 Å². The van der Waals surface area contributed by atoms with E-state index in [-0.39, 0.29) is 11.4 Å². The Morgan fingerprint density at radius 1 is 0.735 bits per heavy atom. The monoisotopic (exact) mass is 470 g/mol. The summed E-state index contributed by atoms with van der Waals surface area (Å²) in [4.78, 5) is 13.4. The number of aryl methyl sites for hydroxylation is 1. The average Bonchev–Trinajstić information content (AvgIpc) is 2.88. The molecule has 0 saturated carbocycles. The SMILES string of the molecule is Cc1ccc([C@H](NC(=O)CN(c2ccccc2)S(=O)(=O)c2ccccc2)c2ccccc2)cc1. The Bertz CT molecular complexity index is 1330. The number of rotatable bonds is 8. The number of carbonyl (C=O) groups excluding carboxylic acids is 1. The number of hydrogen-bond acceptors (Lipinski definition) is 3. The van der Waals surface area contributed by atoms with Gasteiger partial charge in [-0.15, -0.1) is 0 Å². The summed E-state index contributed by atoms with van der Waals surface area (Å²) in [5.74, 6) is -0.405. The molecule has 172 valence electrons. The summed E-state index contributed by atoms with van der Waals surface area (Å²) in [6.45, 7) is 1.66. The highest BCUT2D eigenvalue weighted by Gasteiger charge is 2.28. The molecule has 0 radical (unpaired) electrons. The van der Waals surface area contributed by atoms with E-state index in [0.29, 0.717) is 5.69 Å². The number of benzene rings is 4. The Hall–Kier alpha value is -3.90. The highest BCUT2D eigenvalue weighted by Crippen LogP contribution is 2.25. The van der Waals surface area contributed by atoms with E-state index in [1.165, 1.54) is 12.1 Å². The van der Waals surface area contributed by atoms with Gasteiger partial charge in [-0.1, -0.05) is 96.6 Å². The molecule has 4 aromatic rings. The quantitative estimate of drug-likeness (QED) is 0.390. The lowest BCUT2D eigenvalue weighted by Crippen LogP contribution is -2.42. The van der Waals surface area contributed by atoms with Crippen molar-refractivity contribution in [2.45, 2.75) is 17.9 Å². The van der Waals surface area contributed by atoms with Crippen LogP contribution in [0.15, 0.2) is 120 Å². The molecule has 0 fully saturated rings. The fourth-order valence-corrected chi connectivity index (χ4v) is 5.17. The molecule has 6 heteroatoms. The molecular weight excluding hydrogens is 444 g/mol. The minimum atomic E-state index is -3.95. The van der Waals surface area contributed by atoms with Crippen molar-refractivity contribution in [2.24, 2.45) is 0 Å². The standard InChI is InChI=1S/C28H26N2O3S/c1-22-17-19-24(20-18-22)28(23-11-5-2-6-12-23)29-27(31)21-30(25-13-7-3-8-14-25)34(32,33)26-15-9-4-10-16-26/h2-20,28H,21H2,1H3,(H,29,31)/t28-/m1/s1. The first-order valence-corrected chi connectivity index (χ1v) is 12.4. The van der Waals surface area contributed by atoms with Crippen molar-refractivity contribution in [1.29, 1.82) is 0 Å². The third-order valence-electron chi connectivity index (χ3n) is 5.51. The summed E-state index contributed by atoms with van der Waals surface area (Å²) >= 11 is 0. The van der Waals surface area contributed by atoms with Crippen LogP contribution < -0.4 is 9.62 Å². The van der Waals surface area contributed by atoms with E-state index in [9.17, 15) is 13.2 Å². The Balaban J connectivity index is 1.66. The minimum Gasteiger partial charge on any atom is -0.344 e. The van der Waals surface area contributed by atoms with Crippen LogP contribution in [-0.2, 0) is 14.8 Å². The second kappa shape index (κ2) is 10.4. The van der Waals surface area contributed by atoms with Crippen LogP contribution in [0.5, 0.6) is 0 Å². The van der Waals surface area contributed by atoms with Gasteiger partial charge < -0.3 is 5.32 Å². The molecule has 1 atom stereocenters. The molecule has 0 unspecified atom stereocenters. The molecule has 5 nitrogen and oxygen atoms in total. The smallest absolute Gasteiger partial charge is 0.264 e. The molecule has 1 amide bonds. The maximum atomic E-state index is 13.5. The maximum Gasteiger partial charge on any atom is 0.264 e. The van der Waals surface area contributed by atoms with E-state index in [1.807, 2.05) is 61.5 Å². The summed E-state index contributed by atoms with van der Waals surface area (Å²) in [5, 5.41) is 3.05. The van der Waals surface area contributed by atoms with Crippen LogP contribution in [0, 0.1) is 6.92 Å². The van der Waals surface area contributed by atoms with Crippen LogP contribution >= 0.6 is 0 Å². The van der Waals surface area contributed by atoms with Gasteiger partial charge in [0.2, 0.25) is 5.91 Å². The zero-order chi connectivity index (χ0) is 24.0. The number of para-hydroxylation sites is 1. The third kappa shape index (κ3) is 5.35. The summed E-state index contributed by atoms with van der Waals surface area (Å²) in [5.41, 5.74) is 3.37. The molecule has 0 saturated heterocycles. The topological polar surface area (TPSA) is 66.5 Å². The zero-order valence-corrected chi connectivity index (χ0v) is 19.7. The molecule has 0 aromatic heterocycles.